The van der Waals surface area contributed by atoms with E-state index in [0.717, 1.165) is 96.4 Å². The lowest BCUT2D eigenvalue weighted by molar-refractivity contribution is -0.146. The van der Waals surface area contributed by atoms with E-state index in [1.165, 1.54) is 7.11 Å². The number of nitrogens with zero attached hydrogens (tertiary/aromatic N) is 3. The Morgan fingerprint density at radius 2 is 2.07 bits per heavy atom. The lowest BCUT2D eigenvalue weighted by Crippen LogP contribution is -2.47. The first-order chi connectivity index (χ1) is 14.3. The lowest BCUT2D eigenvalue weighted by atomic mass is 9.97. The van der Waals surface area contributed by atoms with Crippen LogP contribution in [0.4, 0.5) is 0 Å². The van der Waals surface area contributed by atoms with E-state index < -0.39 is 0 Å². The molecule has 0 bridgehead atoms. The minimum absolute atomic E-state index is 0.00180. The summed E-state index contributed by atoms with van der Waals surface area (Å²) in [5.41, 5.74) is 0. The zero-order chi connectivity index (χ0) is 20.3. The number of hydrogen-bond donors (Lipinski definition) is 1. The van der Waals surface area contributed by atoms with Crippen LogP contribution in [-0.4, -0.2) is 87.9 Å². The van der Waals surface area contributed by atoms with Crippen LogP contribution >= 0.6 is 0 Å². The van der Waals surface area contributed by atoms with Gasteiger partial charge in [-0.2, -0.15) is 0 Å². The van der Waals surface area contributed by atoms with Gasteiger partial charge in [0.1, 0.15) is 5.76 Å². The summed E-state index contributed by atoms with van der Waals surface area (Å²) in [6.07, 6.45) is 5.16. The van der Waals surface area contributed by atoms with Gasteiger partial charge >= 0.3 is 5.97 Å². The Labute approximate surface area is 173 Å². The molecule has 1 aromatic heterocycles. The summed E-state index contributed by atoms with van der Waals surface area (Å²) in [5, 5.41) is 3.49. The fourth-order valence-electron chi connectivity index (χ4n) is 3.82. The van der Waals surface area contributed by atoms with Crippen molar-refractivity contribution in [3.63, 3.8) is 0 Å². The molecule has 1 aromatic rings. The number of morpholine rings is 1. The van der Waals surface area contributed by atoms with E-state index in [9.17, 15) is 4.79 Å². The molecule has 0 aromatic carbocycles. The van der Waals surface area contributed by atoms with Crippen LogP contribution in [0.25, 0.3) is 0 Å². The van der Waals surface area contributed by atoms with E-state index in [0.29, 0.717) is 0 Å². The predicted molar refractivity (Wildman–Crippen MR) is 111 cm³/mol. The van der Waals surface area contributed by atoms with Crippen molar-refractivity contribution in [2.24, 2.45) is 10.9 Å². The first-order valence-electron chi connectivity index (χ1n) is 10.7. The molecule has 0 saturated carbocycles. The number of nitrogens with one attached hydrogen (secondary N) is 1. The van der Waals surface area contributed by atoms with E-state index in [1.54, 1.807) is 6.26 Å². The fourth-order valence-corrected chi connectivity index (χ4v) is 3.82. The quantitative estimate of drug-likeness (QED) is 0.302. The zero-order valence-corrected chi connectivity index (χ0v) is 17.5. The molecule has 0 atom stereocenters. The molecule has 2 fully saturated rings. The molecule has 2 saturated heterocycles. The minimum Gasteiger partial charge on any atom is -0.469 e. The molecule has 2 aliphatic rings. The third-order valence-corrected chi connectivity index (χ3v) is 5.56. The maximum absolute atomic E-state index is 11.8. The molecular formula is C21H34N4O4. The van der Waals surface area contributed by atoms with Crippen molar-refractivity contribution in [2.75, 3.05) is 66.1 Å². The molecule has 1 N–H and O–H groups in total. The molecule has 0 aliphatic carbocycles. The van der Waals surface area contributed by atoms with E-state index in [1.807, 2.05) is 12.1 Å². The number of piperidine rings is 1. The highest BCUT2D eigenvalue weighted by Gasteiger charge is 2.27. The Kier molecular flexibility index (Phi) is 8.82. The summed E-state index contributed by atoms with van der Waals surface area (Å²) in [7, 11) is 1.46. The van der Waals surface area contributed by atoms with Crippen molar-refractivity contribution < 1.29 is 18.7 Å². The molecule has 162 valence electrons. The number of guanidine groups is 1. The fraction of sp³-hybridized carbons (Fsp3) is 0.714. The third-order valence-electron chi connectivity index (χ3n) is 5.56. The first-order valence-corrected chi connectivity index (χ1v) is 10.7. The van der Waals surface area contributed by atoms with Crippen molar-refractivity contribution >= 4 is 11.9 Å². The number of furan rings is 1. The van der Waals surface area contributed by atoms with Crippen molar-refractivity contribution in [3.05, 3.63) is 24.2 Å². The molecule has 0 radical (unpaired) electrons. The number of ether oxygens (including phenoxy) is 2. The third kappa shape index (κ3) is 7.04. The van der Waals surface area contributed by atoms with Gasteiger partial charge in [-0.1, -0.05) is 0 Å². The van der Waals surface area contributed by atoms with Gasteiger partial charge in [0.25, 0.3) is 0 Å². The Hall–Kier alpha value is -2.06. The van der Waals surface area contributed by atoms with Crippen LogP contribution in [-0.2, 0) is 20.7 Å². The number of methoxy groups -OCH3 is 1. The van der Waals surface area contributed by atoms with Gasteiger partial charge in [-0.25, -0.2) is 0 Å². The number of rotatable bonds is 8. The van der Waals surface area contributed by atoms with Crippen LogP contribution in [0, 0.1) is 5.92 Å². The number of esters is 1. The van der Waals surface area contributed by atoms with Gasteiger partial charge in [-0.3, -0.25) is 14.7 Å². The topological polar surface area (TPSA) is 79.5 Å². The molecule has 0 spiro atoms. The normalized spacial score (nSPS) is 19.3. The van der Waals surface area contributed by atoms with Crippen LogP contribution in [0.1, 0.15) is 25.0 Å². The zero-order valence-electron chi connectivity index (χ0n) is 17.5. The Morgan fingerprint density at radius 1 is 1.28 bits per heavy atom. The van der Waals surface area contributed by atoms with E-state index in [4.69, 9.17) is 18.9 Å². The summed E-state index contributed by atoms with van der Waals surface area (Å²) in [6.45, 7) is 7.93. The monoisotopic (exact) mass is 406 g/mol. The van der Waals surface area contributed by atoms with Gasteiger partial charge in [0.05, 0.1) is 32.5 Å². The molecule has 8 nitrogen and oxygen atoms in total. The van der Waals surface area contributed by atoms with Gasteiger partial charge in [-0.15, -0.1) is 0 Å². The Morgan fingerprint density at radius 3 is 2.76 bits per heavy atom. The molecular weight excluding hydrogens is 372 g/mol. The van der Waals surface area contributed by atoms with Crippen molar-refractivity contribution in [1.82, 2.24) is 15.1 Å². The second kappa shape index (κ2) is 11.8. The first kappa shape index (κ1) is 21.6. The highest BCUT2D eigenvalue weighted by molar-refractivity contribution is 5.80. The summed E-state index contributed by atoms with van der Waals surface area (Å²) in [6, 6.07) is 3.90. The highest BCUT2D eigenvalue weighted by Crippen LogP contribution is 2.18. The smallest absolute Gasteiger partial charge is 0.308 e. The maximum atomic E-state index is 11.8. The number of hydrogen-bond acceptors (Lipinski definition) is 6. The molecule has 29 heavy (non-hydrogen) atoms. The van der Waals surface area contributed by atoms with Crippen molar-refractivity contribution in [2.45, 2.75) is 25.7 Å². The van der Waals surface area contributed by atoms with Crippen LogP contribution in [0.15, 0.2) is 27.8 Å². The van der Waals surface area contributed by atoms with Crippen LogP contribution in [0.5, 0.6) is 0 Å². The average Bonchev–Trinajstić information content (AvgIpc) is 3.29. The molecule has 8 heteroatoms. The standard InChI is InChI=1S/C21H34N4O4/c1-27-20(26)18-6-11-25(12-7-18)21(23-9-5-19-4-2-15-29-19)22-8-3-10-24-13-16-28-17-14-24/h2,4,15,18H,3,5-14,16-17H2,1H3,(H,22,23). The van der Waals surface area contributed by atoms with Gasteiger partial charge in [-0.05, 0) is 31.4 Å². The van der Waals surface area contributed by atoms with Gasteiger partial charge in [0, 0.05) is 52.2 Å². The number of aliphatic imine (C=N–C) groups is 1. The van der Waals surface area contributed by atoms with E-state index in [2.05, 4.69) is 15.1 Å². The number of carbonyl (C=O) groups is 1. The molecule has 3 heterocycles. The summed E-state index contributed by atoms with van der Waals surface area (Å²) in [4.78, 5) is 21.4. The molecule has 0 unspecified atom stereocenters. The Balaban J connectivity index is 1.48. The van der Waals surface area contributed by atoms with Gasteiger partial charge in [0.2, 0.25) is 0 Å². The predicted octanol–water partition coefficient (Wildman–Crippen LogP) is 1.38. The molecule has 3 rings (SSSR count). The summed E-state index contributed by atoms with van der Waals surface area (Å²) >= 11 is 0. The second-order valence-corrected chi connectivity index (χ2v) is 7.55. The lowest BCUT2D eigenvalue weighted by Gasteiger charge is -2.33. The minimum atomic E-state index is -0.0978. The highest BCUT2D eigenvalue weighted by atomic mass is 16.5. The van der Waals surface area contributed by atoms with Gasteiger partial charge in [0.15, 0.2) is 5.96 Å². The van der Waals surface area contributed by atoms with Crippen molar-refractivity contribution in [1.29, 1.82) is 0 Å². The van der Waals surface area contributed by atoms with E-state index in [-0.39, 0.29) is 11.9 Å². The van der Waals surface area contributed by atoms with Crippen LogP contribution < -0.4 is 5.32 Å². The van der Waals surface area contributed by atoms with Gasteiger partial charge < -0.3 is 24.1 Å². The molecule has 0 amide bonds. The van der Waals surface area contributed by atoms with Crippen molar-refractivity contribution in [3.8, 4) is 0 Å². The molecule has 2 aliphatic heterocycles. The summed E-state index contributed by atoms with van der Waals surface area (Å²) < 4.78 is 15.7. The van der Waals surface area contributed by atoms with E-state index >= 15 is 0 Å². The van der Waals surface area contributed by atoms with Crippen LogP contribution in [0.2, 0.25) is 0 Å². The SMILES string of the molecule is COC(=O)C1CCN(C(=NCCCN2CCOCC2)NCCc2ccco2)CC1. The maximum Gasteiger partial charge on any atom is 0.308 e. The number of likely N-dealkylation sites (tertiary alicyclic amines) is 1. The number of carbonyl (C=O) groups excluding carboxylic acids is 1. The average molecular weight is 407 g/mol. The Bertz CT molecular complexity index is 621. The second-order valence-electron chi connectivity index (χ2n) is 7.55. The van der Waals surface area contributed by atoms with Crippen LogP contribution in [0.3, 0.4) is 0 Å². The summed E-state index contributed by atoms with van der Waals surface area (Å²) in [5.74, 6) is 1.80. The largest absolute Gasteiger partial charge is 0.469 e.